The molecule has 3 heterocycles. The summed E-state index contributed by atoms with van der Waals surface area (Å²) in [4.78, 5) is 44.4. The second-order valence-electron chi connectivity index (χ2n) is 37.2. The summed E-state index contributed by atoms with van der Waals surface area (Å²) in [6.45, 7) is 0. The molecular weight excluding hydrogens is 1820 g/mol. The van der Waals surface area contributed by atoms with Crippen LogP contribution in [0.25, 0.3) is 267 Å². The molecule has 0 aliphatic heterocycles. The van der Waals surface area contributed by atoms with Gasteiger partial charge in [0.2, 0.25) is 0 Å². The van der Waals surface area contributed by atoms with E-state index in [1.807, 2.05) is 182 Å². The molecule has 3 aromatic heterocycles. The van der Waals surface area contributed by atoms with Crippen molar-refractivity contribution in [3.63, 3.8) is 0 Å². The van der Waals surface area contributed by atoms with Gasteiger partial charge in [0.25, 0.3) is 0 Å². The predicted octanol–water partition coefficient (Wildman–Crippen LogP) is 36.5. The van der Waals surface area contributed by atoms with Gasteiger partial charge in [0.05, 0.1) is 0 Å². The molecule has 27 rings (SSSR count). The smallest absolute Gasteiger partial charge is 0.164 e. The fraction of sp³-hybridized carbons (Fsp3) is 0. The molecule has 0 atom stereocenters. The zero-order chi connectivity index (χ0) is 99.8. The minimum atomic E-state index is 0.641. The minimum absolute atomic E-state index is 0.641. The number of aromatic nitrogens is 9. The lowest BCUT2D eigenvalue weighted by atomic mass is 9.84. The van der Waals surface area contributed by atoms with Crippen molar-refractivity contribution in [1.82, 2.24) is 44.9 Å². The second-order valence-corrected chi connectivity index (χ2v) is 37.2. The molecule has 0 N–H and O–H groups in total. The Morgan fingerprint density at radius 1 is 0.0800 bits per heavy atom. The molecule has 24 aromatic carbocycles. The quantitative estimate of drug-likeness (QED) is 0.0774. The zero-order valence-corrected chi connectivity index (χ0v) is 81.7. The molecule has 9 nitrogen and oxygen atoms in total. The van der Waals surface area contributed by atoms with Gasteiger partial charge in [-0.1, -0.05) is 552 Å². The van der Waals surface area contributed by atoms with Crippen LogP contribution < -0.4 is 0 Å². The normalized spacial score (nSPS) is 11.2. The molecule has 0 amide bonds. The van der Waals surface area contributed by atoms with Crippen molar-refractivity contribution < 1.29 is 0 Å². The highest BCUT2D eigenvalue weighted by molar-refractivity contribution is 6.25. The van der Waals surface area contributed by atoms with Gasteiger partial charge in [-0.25, -0.2) is 44.9 Å². The van der Waals surface area contributed by atoms with Crippen LogP contribution in [0.1, 0.15) is 0 Å². The highest BCUT2D eigenvalue weighted by Gasteiger charge is 2.26. The summed E-state index contributed by atoms with van der Waals surface area (Å²) in [5.74, 6) is 5.86. The molecule has 150 heavy (non-hydrogen) atoms. The Hall–Kier alpha value is -20.1. The summed E-state index contributed by atoms with van der Waals surface area (Å²) in [6.07, 6.45) is 0. The van der Waals surface area contributed by atoms with Crippen molar-refractivity contribution in [3.8, 4) is 203 Å². The molecule has 0 fully saturated rings. The van der Waals surface area contributed by atoms with Crippen LogP contribution in [0.3, 0.4) is 0 Å². The Kier molecular flexibility index (Phi) is 25.1. The summed E-state index contributed by atoms with van der Waals surface area (Å²) < 4.78 is 0. The van der Waals surface area contributed by atoms with Gasteiger partial charge in [0.15, 0.2) is 52.4 Å². The molecule has 702 valence electrons. The predicted molar refractivity (Wildman–Crippen MR) is 622 cm³/mol. The van der Waals surface area contributed by atoms with Crippen LogP contribution in [0.2, 0.25) is 0 Å². The first-order valence-corrected chi connectivity index (χ1v) is 50.6. The van der Waals surface area contributed by atoms with E-state index in [4.69, 9.17) is 44.9 Å². The van der Waals surface area contributed by atoms with E-state index in [1.165, 1.54) is 143 Å². The van der Waals surface area contributed by atoms with E-state index in [0.717, 1.165) is 72.3 Å². The second kappa shape index (κ2) is 41.3. The monoisotopic (exact) mass is 1910 g/mol. The topological polar surface area (TPSA) is 116 Å². The third-order valence-electron chi connectivity index (χ3n) is 28.0. The van der Waals surface area contributed by atoms with Gasteiger partial charge < -0.3 is 0 Å². The first-order valence-electron chi connectivity index (χ1n) is 50.6. The van der Waals surface area contributed by atoms with Gasteiger partial charge in [-0.2, -0.15) is 0 Å². The first kappa shape index (κ1) is 91.1. The number of fused-ring (bicyclic) bond motifs is 6. The van der Waals surface area contributed by atoms with Gasteiger partial charge >= 0.3 is 0 Å². The Morgan fingerprint density at radius 3 is 0.527 bits per heavy atom. The van der Waals surface area contributed by atoms with Crippen molar-refractivity contribution in [2.45, 2.75) is 0 Å². The number of benzene rings is 24. The fourth-order valence-corrected chi connectivity index (χ4v) is 20.9. The van der Waals surface area contributed by atoms with E-state index in [-0.39, 0.29) is 0 Å². The lowest BCUT2D eigenvalue weighted by Gasteiger charge is -2.19. The van der Waals surface area contributed by atoms with Gasteiger partial charge in [-0.3, -0.25) is 0 Å². The van der Waals surface area contributed by atoms with Crippen molar-refractivity contribution in [2.75, 3.05) is 0 Å². The summed E-state index contributed by atoms with van der Waals surface area (Å²) in [5.41, 5.74) is 30.2. The van der Waals surface area contributed by atoms with Crippen LogP contribution in [0.5, 0.6) is 0 Å². The van der Waals surface area contributed by atoms with Gasteiger partial charge in [-0.05, 0) is 177 Å². The van der Waals surface area contributed by atoms with Crippen LogP contribution in [0.15, 0.2) is 564 Å². The van der Waals surface area contributed by atoms with Gasteiger partial charge in [0, 0.05) is 50.1 Å². The summed E-state index contributed by atoms with van der Waals surface area (Å²) in [7, 11) is 0. The SMILES string of the molecule is c1ccc(-c2ccc(-c3c4ccccc4c(-c4ccc(-c5nc(-c6ccccc6)nc(-c6ccccc6)n5)cc4)c4ccccc34)cc2)cc1.c1ccc(-c2nc(-c3ccccc3)nc(-c3ccc(-c4c5ccccc5c(-c5ccccc5-c5ccccc5)c5ccccc45)cc3)n2)cc1.c1ccc(-c2nc(-c3ccccc3)nc(-c3cccc(-c4ccc5c(-c6ccccc6)c6ccccc6c(-c6ccccc6)c5c4)c3)n2)cc1. The fourth-order valence-electron chi connectivity index (χ4n) is 20.9. The Morgan fingerprint density at radius 2 is 0.240 bits per heavy atom. The van der Waals surface area contributed by atoms with E-state index >= 15 is 0 Å². The lowest BCUT2D eigenvalue weighted by Crippen LogP contribution is -2.00. The Labute approximate surface area is 870 Å². The van der Waals surface area contributed by atoms with Crippen molar-refractivity contribution >= 4 is 64.6 Å². The Balaban J connectivity index is 0.000000116. The average Bonchev–Trinajstić information content (AvgIpc) is 0.726. The van der Waals surface area contributed by atoms with E-state index in [2.05, 4.69) is 382 Å². The van der Waals surface area contributed by atoms with Crippen molar-refractivity contribution in [3.05, 3.63) is 564 Å². The highest BCUT2D eigenvalue weighted by Crippen LogP contribution is 2.51. The third-order valence-corrected chi connectivity index (χ3v) is 28.0. The van der Waals surface area contributed by atoms with E-state index < -0.39 is 0 Å². The lowest BCUT2D eigenvalue weighted by molar-refractivity contribution is 1.07. The summed E-state index contributed by atoms with van der Waals surface area (Å²) >= 11 is 0. The van der Waals surface area contributed by atoms with Crippen LogP contribution >= 0.6 is 0 Å². The van der Waals surface area contributed by atoms with Crippen LogP contribution in [-0.2, 0) is 0 Å². The van der Waals surface area contributed by atoms with Crippen LogP contribution in [0, 0.1) is 0 Å². The van der Waals surface area contributed by atoms with Crippen LogP contribution in [0.4, 0.5) is 0 Å². The van der Waals surface area contributed by atoms with Gasteiger partial charge in [0.1, 0.15) is 0 Å². The maximum Gasteiger partial charge on any atom is 0.164 e. The summed E-state index contributed by atoms with van der Waals surface area (Å²) in [6, 6.07) is 198. The van der Waals surface area contributed by atoms with Crippen molar-refractivity contribution in [2.24, 2.45) is 0 Å². The third kappa shape index (κ3) is 18.4. The molecule has 0 saturated carbocycles. The first-order chi connectivity index (χ1) is 74.4. The largest absolute Gasteiger partial charge is 0.208 e. The van der Waals surface area contributed by atoms with E-state index in [0.29, 0.717) is 52.4 Å². The molecular formula is C141H93N9. The molecule has 0 aliphatic carbocycles. The molecule has 0 aliphatic rings. The highest BCUT2D eigenvalue weighted by atomic mass is 15.1. The maximum absolute atomic E-state index is 5.00. The van der Waals surface area contributed by atoms with Gasteiger partial charge in [-0.15, -0.1) is 0 Å². The molecule has 27 aromatic rings. The van der Waals surface area contributed by atoms with E-state index in [9.17, 15) is 0 Å². The van der Waals surface area contributed by atoms with Crippen LogP contribution in [-0.4, -0.2) is 44.9 Å². The number of rotatable bonds is 18. The maximum atomic E-state index is 5.00. The van der Waals surface area contributed by atoms with Crippen molar-refractivity contribution in [1.29, 1.82) is 0 Å². The average molecular weight is 1910 g/mol. The standard InChI is InChI=1S/3C47H31N3/c1-5-16-32(17-6-1)43-39-26-13-14-27-40(39)44(33-18-7-2-8-19-33)42-31-37(28-29-41(42)43)36-24-15-25-38(30-36)47-49-45(34-20-9-3-10-21-34)48-46(50-47)35-22-11-4-12-23-35;1-4-14-32(15-5-1)33-24-26-34(27-25-33)43-39-20-10-12-22-41(39)44(42-23-13-11-21-40(42)43)35-28-30-38(31-29-35)47-49-45(36-16-6-2-7-17-36)48-46(50-47)37-18-8-3-9-19-37;1-4-16-32(17-5-1)37-22-10-11-23-38(37)44-41-26-14-12-24-39(41)43(40-25-13-15-27-42(40)44)33-28-30-36(31-29-33)47-49-45(34-18-6-2-7-19-34)48-46(50-47)35-20-8-3-9-21-35/h3*1-31H. The molecule has 9 heteroatoms. The molecule has 0 bridgehead atoms. The Bertz CT molecular complexity index is 9310. The number of hydrogen-bond acceptors (Lipinski definition) is 9. The minimum Gasteiger partial charge on any atom is -0.208 e. The molecule has 0 unspecified atom stereocenters. The number of hydrogen-bond donors (Lipinski definition) is 0. The molecule has 0 spiro atoms. The summed E-state index contributed by atoms with van der Waals surface area (Å²) in [5, 5.41) is 14.7. The number of nitrogens with zero attached hydrogens (tertiary/aromatic N) is 9. The van der Waals surface area contributed by atoms with E-state index in [1.54, 1.807) is 0 Å². The molecule has 0 radical (unpaired) electrons. The molecule has 0 saturated heterocycles. The zero-order valence-electron chi connectivity index (χ0n) is 81.7.